The van der Waals surface area contributed by atoms with Crippen LogP contribution in [0.5, 0.6) is 0 Å². The molecule has 1 aliphatic rings. The summed E-state index contributed by atoms with van der Waals surface area (Å²) in [7, 11) is 3.65. The number of nitrogens with zero attached hydrogens (tertiary/aromatic N) is 4. The zero-order valence-electron chi connectivity index (χ0n) is 20.1. The number of benzene rings is 2. The Morgan fingerprint density at radius 2 is 1.92 bits per heavy atom. The van der Waals surface area contributed by atoms with Gasteiger partial charge in [-0.3, -0.25) is 14.3 Å². The van der Waals surface area contributed by atoms with E-state index >= 15 is 0 Å². The molecule has 2 N–H and O–H groups in total. The molecule has 1 aliphatic carbocycles. The smallest absolute Gasteiger partial charge is 0.270 e. The summed E-state index contributed by atoms with van der Waals surface area (Å²) in [4.78, 5) is 31.0. The van der Waals surface area contributed by atoms with Gasteiger partial charge in [-0.1, -0.05) is 34.1 Å². The maximum atomic E-state index is 13.7. The van der Waals surface area contributed by atoms with E-state index in [1.165, 1.54) is 10.2 Å². The molecule has 5 rings (SSSR count). The highest BCUT2D eigenvalue weighted by Gasteiger charge is 2.35. The molecule has 4 aromatic rings. The molecule has 8 nitrogen and oxygen atoms in total. The van der Waals surface area contributed by atoms with Gasteiger partial charge in [-0.05, 0) is 66.3 Å². The number of halogens is 1. The number of aromatic nitrogens is 4. The Morgan fingerprint density at radius 1 is 1.11 bits per heavy atom. The van der Waals surface area contributed by atoms with Crippen molar-refractivity contribution in [2.75, 3.05) is 5.32 Å². The van der Waals surface area contributed by atoms with E-state index < -0.39 is 6.04 Å². The van der Waals surface area contributed by atoms with E-state index in [2.05, 4.69) is 48.8 Å². The minimum Gasteiger partial charge on any atom is -0.338 e. The SMILES string of the molecule is Cn1cncc1-c1ccc(NC(=O)[C@@H](NC(=O)c2ccnn2C)[C@@H]2CCCc3ccc(Br)cc32)cc1. The fourth-order valence-corrected chi connectivity index (χ4v) is 5.27. The molecule has 2 aromatic heterocycles. The Labute approximate surface area is 217 Å². The molecule has 9 heteroatoms. The van der Waals surface area contributed by atoms with Gasteiger partial charge in [0.25, 0.3) is 5.91 Å². The van der Waals surface area contributed by atoms with Crippen LogP contribution in [-0.4, -0.2) is 37.2 Å². The Morgan fingerprint density at radius 3 is 2.61 bits per heavy atom. The fourth-order valence-electron chi connectivity index (χ4n) is 4.89. The lowest BCUT2D eigenvalue weighted by Crippen LogP contribution is -2.48. The third-order valence-electron chi connectivity index (χ3n) is 6.76. The van der Waals surface area contributed by atoms with Crippen LogP contribution < -0.4 is 10.6 Å². The summed E-state index contributed by atoms with van der Waals surface area (Å²) in [6.45, 7) is 0. The third-order valence-corrected chi connectivity index (χ3v) is 7.25. The van der Waals surface area contributed by atoms with Crippen LogP contribution in [0.2, 0.25) is 0 Å². The summed E-state index contributed by atoms with van der Waals surface area (Å²) >= 11 is 3.57. The lowest BCUT2D eigenvalue weighted by molar-refractivity contribution is -0.118. The average molecular weight is 547 g/mol. The fraction of sp³-hybridized carbons (Fsp3) is 0.259. The Hall–Kier alpha value is -3.72. The molecule has 184 valence electrons. The van der Waals surface area contributed by atoms with E-state index in [-0.39, 0.29) is 17.7 Å². The topological polar surface area (TPSA) is 93.8 Å². The number of amides is 2. The molecule has 0 aliphatic heterocycles. The van der Waals surface area contributed by atoms with Crippen molar-refractivity contribution in [2.24, 2.45) is 14.1 Å². The molecule has 2 aromatic carbocycles. The number of fused-ring (bicyclic) bond motifs is 1. The molecular formula is C27H27BrN6O2. The van der Waals surface area contributed by atoms with Crippen molar-refractivity contribution in [3.8, 4) is 11.3 Å². The summed E-state index contributed by atoms with van der Waals surface area (Å²) < 4.78 is 4.40. The van der Waals surface area contributed by atoms with E-state index in [4.69, 9.17) is 0 Å². The van der Waals surface area contributed by atoms with Crippen molar-refractivity contribution in [3.63, 3.8) is 0 Å². The van der Waals surface area contributed by atoms with Gasteiger partial charge >= 0.3 is 0 Å². The minimum atomic E-state index is -0.752. The second-order valence-corrected chi connectivity index (χ2v) is 10.0. The molecule has 2 atom stereocenters. The molecule has 0 bridgehead atoms. The van der Waals surface area contributed by atoms with Crippen LogP contribution in [0.1, 0.15) is 40.4 Å². The number of rotatable bonds is 6. The molecular weight excluding hydrogens is 520 g/mol. The monoisotopic (exact) mass is 546 g/mol. The number of nitrogens with one attached hydrogen (secondary N) is 2. The first kappa shape index (κ1) is 24.0. The summed E-state index contributed by atoms with van der Waals surface area (Å²) in [6.07, 6.45) is 7.83. The number of imidazole rings is 1. The van der Waals surface area contributed by atoms with Crippen molar-refractivity contribution in [3.05, 3.63) is 88.5 Å². The predicted octanol–water partition coefficient (Wildman–Crippen LogP) is 4.44. The van der Waals surface area contributed by atoms with Gasteiger partial charge in [0, 0.05) is 36.4 Å². The van der Waals surface area contributed by atoms with Gasteiger partial charge in [0.05, 0.1) is 18.2 Å². The van der Waals surface area contributed by atoms with Gasteiger partial charge in [-0.2, -0.15) is 5.10 Å². The molecule has 0 spiro atoms. The van der Waals surface area contributed by atoms with Gasteiger partial charge in [-0.25, -0.2) is 4.98 Å². The number of hydrogen-bond donors (Lipinski definition) is 2. The van der Waals surface area contributed by atoms with E-state index in [9.17, 15) is 9.59 Å². The van der Waals surface area contributed by atoms with Gasteiger partial charge in [0.15, 0.2) is 0 Å². The van der Waals surface area contributed by atoms with Crippen molar-refractivity contribution in [1.82, 2.24) is 24.6 Å². The van der Waals surface area contributed by atoms with Crippen LogP contribution in [0.3, 0.4) is 0 Å². The number of anilines is 1. The minimum absolute atomic E-state index is 0.155. The number of carbonyl (C=O) groups is 2. The molecule has 36 heavy (non-hydrogen) atoms. The summed E-state index contributed by atoms with van der Waals surface area (Å²) in [5.74, 6) is -0.738. The Bertz CT molecular complexity index is 1410. The first-order valence-electron chi connectivity index (χ1n) is 11.9. The summed E-state index contributed by atoms with van der Waals surface area (Å²) in [5.41, 5.74) is 5.35. The molecule has 2 heterocycles. The van der Waals surface area contributed by atoms with Crippen LogP contribution in [0.25, 0.3) is 11.3 Å². The normalized spacial score (nSPS) is 15.7. The zero-order valence-corrected chi connectivity index (χ0v) is 21.7. The van der Waals surface area contributed by atoms with Crippen molar-refractivity contribution in [2.45, 2.75) is 31.2 Å². The van der Waals surface area contributed by atoms with Gasteiger partial charge < -0.3 is 15.2 Å². The largest absolute Gasteiger partial charge is 0.338 e. The molecule has 0 fully saturated rings. The molecule has 0 radical (unpaired) electrons. The lowest BCUT2D eigenvalue weighted by atomic mass is 9.78. The first-order chi connectivity index (χ1) is 17.4. The summed E-state index contributed by atoms with van der Waals surface area (Å²) in [6, 6.07) is 14.7. The van der Waals surface area contributed by atoms with E-state index in [1.807, 2.05) is 41.9 Å². The quantitative estimate of drug-likeness (QED) is 0.373. The molecule has 0 unspecified atom stereocenters. The van der Waals surface area contributed by atoms with Gasteiger partial charge in [0.2, 0.25) is 5.91 Å². The molecule has 0 saturated heterocycles. The van der Waals surface area contributed by atoms with Crippen LogP contribution >= 0.6 is 15.9 Å². The van der Waals surface area contributed by atoms with Crippen LogP contribution in [0.4, 0.5) is 5.69 Å². The molecule has 0 saturated carbocycles. The zero-order chi connectivity index (χ0) is 25.2. The van der Waals surface area contributed by atoms with Crippen LogP contribution in [-0.2, 0) is 25.3 Å². The highest BCUT2D eigenvalue weighted by Crippen LogP contribution is 2.36. The predicted molar refractivity (Wildman–Crippen MR) is 142 cm³/mol. The number of aryl methyl sites for hydroxylation is 3. The second-order valence-electron chi connectivity index (χ2n) is 9.09. The van der Waals surface area contributed by atoms with Crippen molar-refractivity contribution >= 4 is 33.4 Å². The Kier molecular flexibility index (Phi) is 6.73. The Balaban J connectivity index is 1.43. The van der Waals surface area contributed by atoms with Gasteiger partial charge in [0.1, 0.15) is 11.7 Å². The summed E-state index contributed by atoms with van der Waals surface area (Å²) in [5, 5.41) is 10.1. The van der Waals surface area contributed by atoms with E-state index in [1.54, 1.807) is 31.8 Å². The van der Waals surface area contributed by atoms with Gasteiger partial charge in [-0.15, -0.1) is 0 Å². The maximum absolute atomic E-state index is 13.7. The third kappa shape index (κ3) is 4.83. The average Bonchev–Trinajstić information content (AvgIpc) is 3.50. The van der Waals surface area contributed by atoms with Crippen LogP contribution in [0.15, 0.2) is 71.7 Å². The standard InChI is InChI=1S/C27H27BrN6O2/c1-33-16-29-15-24(33)18-7-10-20(11-8-18)31-27(36)25(32-26(35)23-12-13-30-34(23)2)21-5-3-4-17-6-9-19(28)14-22(17)21/h6-16,21,25H,3-5H2,1-2H3,(H,31,36)(H,32,35)/t21-,25+/m1/s1. The number of hydrogen-bond acceptors (Lipinski definition) is 4. The lowest BCUT2D eigenvalue weighted by Gasteiger charge is -2.32. The highest BCUT2D eigenvalue weighted by atomic mass is 79.9. The van der Waals surface area contributed by atoms with E-state index in [0.717, 1.165) is 40.6 Å². The number of carbonyl (C=O) groups excluding carboxylic acids is 2. The van der Waals surface area contributed by atoms with E-state index in [0.29, 0.717) is 11.4 Å². The van der Waals surface area contributed by atoms with Crippen molar-refractivity contribution < 1.29 is 9.59 Å². The van der Waals surface area contributed by atoms with Crippen molar-refractivity contribution in [1.29, 1.82) is 0 Å². The first-order valence-corrected chi connectivity index (χ1v) is 12.6. The second kappa shape index (κ2) is 10.1. The molecule has 2 amide bonds. The van der Waals surface area contributed by atoms with Crippen LogP contribution in [0, 0.1) is 0 Å². The maximum Gasteiger partial charge on any atom is 0.270 e. The highest BCUT2D eigenvalue weighted by molar-refractivity contribution is 9.10.